The first-order valence-corrected chi connectivity index (χ1v) is 20.0. The quantitative estimate of drug-likeness (QED) is 0.141. The van der Waals surface area contributed by atoms with Crippen LogP contribution in [0.2, 0.25) is 0 Å². The number of aromatic amines is 2. The lowest BCUT2D eigenvalue weighted by Crippen LogP contribution is -2.58. The number of aromatic nitrogens is 4. The molecular weight excluding hydrogens is 751 g/mol. The Labute approximate surface area is 339 Å². The Bertz CT molecular complexity index is 2610. The van der Waals surface area contributed by atoms with Gasteiger partial charge in [0, 0.05) is 19.1 Å². The van der Waals surface area contributed by atoms with Gasteiger partial charge < -0.3 is 35.0 Å². The minimum atomic E-state index is -0.874. The zero-order chi connectivity index (χ0) is 40.4. The largest absolute Gasteiger partial charge is 0.453 e. The van der Waals surface area contributed by atoms with Crippen molar-refractivity contribution in [2.45, 2.75) is 55.9 Å². The van der Waals surface area contributed by atoms with Crippen LogP contribution in [0.3, 0.4) is 0 Å². The predicted octanol–water partition coefficient (Wildman–Crippen LogP) is 6.15. The number of benzene rings is 4. The minimum absolute atomic E-state index is 0.112. The number of H-pyrrole nitrogens is 2. The number of fused-ring (bicyclic) bond motifs is 4. The first kappa shape index (κ1) is 36.6. The molecule has 4 aromatic carbocycles. The molecule has 1 saturated carbocycles. The van der Waals surface area contributed by atoms with E-state index < -0.39 is 24.3 Å². The molecule has 2 aromatic heterocycles. The van der Waals surface area contributed by atoms with Gasteiger partial charge >= 0.3 is 12.2 Å². The van der Waals surface area contributed by atoms with Crippen molar-refractivity contribution in [2.75, 3.05) is 27.3 Å². The minimum Gasteiger partial charge on any atom is -0.453 e. The summed E-state index contributed by atoms with van der Waals surface area (Å²) in [4.78, 5) is 70.6. The van der Waals surface area contributed by atoms with Crippen LogP contribution < -0.4 is 10.6 Å². The maximum Gasteiger partial charge on any atom is 0.407 e. The zero-order valence-electron chi connectivity index (χ0n) is 32.6. The number of carbonyl (C=O) groups is 4. The maximum atomic E-state index is 14.2. The molecule has 15 heteroatoms. The molecular formula is C44H43N9O6. The first-order chi connectivity index (χ1) is 28.8. The normalized spacial score (nSPS) is 22.9. The Morgan fingerprint density at radius 1 is 0.729 bits per heavy atom. The van der Waals surface area contributed by atoms with Crippen LogP contribution in [0.4, 0.5) is 9.59 Å². The van der Waals surface area contributed by atoms with Gasteiger partial charge in [-0.25, -0.2) is 24.6 Å². The number of ether oxygens (including phenoxy) is 2. The molecule has 4 amide bonds. The van der Waals surface area contributed by atoms with Crippen LogP contribution in [0.15, 0.2) is 91.0 Å². The van der Waals surface area contributed by atoms with Crippen LogP contribution >= 0.6 is 0 Å². The molecule has 6 atom stereocenters. The number of piperidine rings is 1. The van der Waals surface area contributed by atoms with Crippen molar-refractivity contribution in [1.82, 2.24) is 45.5 Å². The van der Waals surface area contributed by atoms with Crippen LogP contribution in [0.25, 0.3) is 44.3 Å². The molecule has 3 saturated heterocycles. The fourth-order valence-corrected chi connectivity index (χ4v) is 9.22. The third-order valence-corrected chi connectivity index (χ3v) is 12.3. The number of likely N-dealkylation sites (tertiary alicyclic amines) is 1. The molecule has 15 nitrogen and oxygen atoms in total. The SMILES string of the molecule is COC(=O)N[C@H]1CCN2CC[C@@H](c3nc4ccc(-c5ccc(-c6ccc7nc([C@@H]8C[C@@H]9C[C@@H]9N8C(=O)[C@H](NC(=O)OC)c8ccccc8)[nH]c7c6)cc5)cc4[nH]3)N2C1=O. The Balaban J connectivity index is 0.860. The van der Waals surface area contributed by atoms with E-state index in [0.717, 1.165) is 81.8 Å². The summed E-state index contributed by atoms with van der Waals surface area (Å²) in [5.74, 6) is 1.53. The van der Waals surface area contributed by atoms with Crippen molar-refractivity contribution in [3.63, 3.8) is 0 Å². The Morgan fingerprint density at radius 2 is 1.32 bits per heavy atom. The molecule has 1 aliphatic carbocycles. The lowest BCUT2D eigenvalue weighted by atomic mass is 10.00. The van der Waals surface area contributed by atoms with Gasteiger partial charge in [0.1, 0.15) is 29.8 Å². The van der Waals surface area contributed by atoms with Crippen molar-refractivity contribution >= 4 is 46.1 Å². The average Bonchev–Trinajstić information content (AvgIpc) is 3.68. The highest BCUT2D eigenvalue weighted by Crippen LogP contribution is 2.54. The molecule has 0 bridgehead atoms. The highest BCUT2D eigenvalue weighted by atomic mass is 16.5. The average molecular weight is 794 g/mol. The van der Waals surface area contributed by atoms with Crippen LogP contribution in [0.5, 0.6) is 0 Å². The molecule has 3 aliphatic heterocycles. The van der Waals surface area contributed by atoms with Crippen molar-refractivity contribution in [3.8, 4) is 22.3 Å². The molecule has 4 N–H and O–H groups in total. The summed E-state index contributed by atoms with van der Waals surface area (Å²) in [6, 6.07) is 28.1. The number of methoxy groups -OCH3 is 2. The number of hydrogen-bond acceptors (Lipinski definition) is 9. The summed E-state index contributed by atoms with van der Waals surface area (Å²) in [5, 5.41) is 9.21. The fourth-order valence-electron chi connectivity index (χ4n) is 9.22. The van der Waals surface area contributed by atoms with E-state index in [4.69, 9.17) is 19.4 Å². The second-order valence-corrected chi connectivity index (χ2v) is 15.7. The number of nitrogens with one attached hydrogen (secondary N) is 4. The summed E-state index contributed by atoms with van der Waals surface area (Å²) >= 11 is 0. The maximum absolute atomic E-state index is 14.2. The number of hydrogen-bond donors (Lipinski definition) is 4. The van der Waals surface area contributed by atoms with Gasteiger partial charge in [-0.05, 0) is 83.7 Å². The van der Waals surface area contributed by atoms with Gasteiger partial charge in [-0.1, -0.05) is 66.7 Å². The summed E-state index contributed by atoms with van der Waals surface area (Å²) in [6.07, 6.45) is 1.74. The topological polar surface area (TPSA) is 178 Å². The highest BCUT2D eigenvalue weighted by molar-refractivity contribution is 5.89. The Hall–Kier alpha value is -6.74. The fraction of sp³-hybridized carbons (Fsp3) is 0.318. The number of hydrazine groups is 1. The summed E-state index contributed by atoms with van der Waals surface area (Å²) in [6.45, 7) is 1.39. The summed E-state index contributed by atoms with van der Waals surface area (Å²) < 4.78 is 9.61. The van der Waals surface area contributed by atoms with E-state index in [0.29, 0.717) is 24.4 Å². The van der Waals surface area contributed by atoms with Gasteiger partial charge in [0.15, 0.2) is 0 Å². The van der Waals surface area contributed by atoms with E-state index in [-0.39, 0.29) is 29.9 Å². The molecule has 4 fully saturated rings. The monoisotopic (exact) mass is 793 g/mol. The predicted molar refractivity (Wildman–Crippen MR) is 217 cm³/mol. The van der Waals surface area contributed by atoms with Gasteiger partial charge in [0.2, 0.25) is 0 Å². The molecule has 300 valence electrons. The van der Waals surface area contributed by atoms with E-state index in [1.165, 1.54) is 14.2 Å². The smallest absolute Gasteiger partial charge is 0.407 e. The van der Waals surface area contributed by atoms with Crippen LogP contribution in [0, 0.1) is 5.92 Å². The standard InChI is InChI=1S/C44H43N9O6/c1-58-43(56)49-32-16-18-51-19-17-35(53(51)41(32)54)39-45-30-14-12-27(20-33(30)47-39)24-8-10-25(11-9-24)28-13-15-31-34(21-28)48-40(46-31)37-23-29-22-36(29)52(37)42(55)38(50-44(57)59-2)26-6-4-3-5-7-26/h3-15,20-21,29,32,35-38H,16-19,22-23H2,1-2H3,(H,45,47)(H,46,48)(H,49,56)(H,50,57)/t29-,32-,35-,36-,37-,38+/m0/s1. The molecule has 0 radical (unpaired) electrons. The number of imidazole rings is 2. The van der Waals surface area contributed by atoms with Crippen LogP contribution in [0.1, 0.15) is 61.0 Å². The molecule has 6 aromatic rings. The van der Waals surface area contributed by atoms with E-state index in [1.807, 2.05) is 52.4 Å². The van der Waals surface area contributed by atoms with Gasteiger partial charge in [-0.15, -0.1) is 0 Å². The number of carbonyl (C=O) groups excluding carboxylic acids is 4. The lowest BCUT2D eigenvalue weighted by molar-refractivity contribution is -0.156. The van der Waals surface area contributed by atoms with Crippen molar-refractivity contribution in [2.24, 2.45) is 5.92 Å². The highest BCUT2D eigenvalue weighted by Gasteiger charge is 2.56. The van der Waals surface area contributed by atoms with Crippen molar-refractivity contribution in [3.05, 3.63) is 108 Å². The summed E-state index contributed by atoms with van der Waals surface area (Å²) in [5.41, 5.74) is 8.25. The third kappa shape index (κ3) is 6.60. The second-order valence-electron chi connectivity index (χ2n) is 15.7. The van der Waals surface area contributed by atoms with Crippen LogP contribution in [-0.4, -0.2) is 98.2 Å². The second kappa shape index (κ2) is 14.6. The number of alkyl carbamates (subject to hydrolysis) is 2. The molecule has 59 heavy (non-hydrogen) atoms. The Kier molecular flexibility index (Phi) is 9.04. The van der Waals surface area contributed by atoms with E-state index in [9.17, 15) is 19.2 Å². The number of nitrogens with zero attached hydrogens (tertiary/aromatic N) is 5. The van der Waals surface area contributed by atoms with Gasteiger partial charge in [-0.2, -0.15) is 0 Å². The molecule has 4 aliphatic rings. The van der Waals surface area contributed by atoms with Gasteiger partial charge in [-0.3, -0.25) is 14.6 Å². The molecule has 10 rings (SSSR count). The molecule has 5 heterocycles. The van der Waals surface area contributed by atoms with E-state index in [2.05, 4.69) is 69.1 Å². The summed E-state index contributed by atoms with van der Waals surface area (Å²) in [7, 11) is 2.58. The van der Waals surface area contributed by atoms with E-state index >= 15 is 0 Å². The van der Waals surface area contributed by atoms with Crippen molar-refractivity contribution < 1.29 is 28.7 Å². The van der Waals surface area contributed by atoms with Gasteiger partial charge in [0.05, 0.1) is 42.3 Å². The van der Waals surface area contributed by atoms with Gasteiger partial charge in [0.25, 0.3) is 11.8 Å². The van der Waals surface area contributed by atoms with E-state index in [1.54, 1.807) is 5.01 Å². The van der Waals surface area contributed by atoms with Crippen molar-refractivity contribution in [1.29, 1.82) is 0 Å². The lowest BCUT2D eigenvalue weighted by Gasteiger charge is -2.39. The molecule has 0 unspecified atom stereocenters. The first-order valence-electron chi connectivity index (χ1n) is 20.0. The number of amides is 4. The zero-order valence-corrected chi connectivity index (χ0v) is 32.6. The number of rotatable bonds is 8. The Morgan fingerprint density at radius 3 is 1.95 bits per heavy atom. The van der Waals surface area contributed by atoms with Crippen LogP contribution in [-0.2, 0) is 19.1 Å². The molecule has 0 spiro atoms. The third-order valence-electron chi connectivity index (χ3n) is 12.3.